The Morgan fingerprint density at radius 1 is 0.657 bits per heavy atom. The maximum Gasteiger partial charge on any atom is 0.157 e. The van der Waals surface area contributed by atoms with Crippen LogP contribution >= 0.6 is 0 Å². The van der Waals surface area contributed by atoms with Crippen molar-refractivity contribution in [1.29, 1.82) is 0 Å². The van der Waals surface area contributed by atoms with Crippen molar-refractivity contribution in [2.45, 2.75) is 54.4 Å². The largest absolute Gasteiger partial charge is 0.457 e. The molecule has 0 amide bonds. The Bertz CT molecular complexity index is 1080. The quantitative estimate of drug-likeness (QED) is 0.458. The molecule has 2 aliphatic heterocycles. The molecule has 0 fully saturated rings. The summed E-state index contributed by atoms with van der Waals surface area (Å²) in [5.74, 6) is 1.77. The molecular formula is C30H36N2O3. The molecule has 2 aromatic rings. The third-order valence-corrected chi connectivity index (χ3v) is 7.31. The summed E-state index contributed by atoms with van der Waals surface area (Å²) in [7, 11) is 0. The standard InChI is InChI=1S/C30H36N2O3/c1-21(33)27-19-31(17-15-29(27,3)4)23-7-11-25(12-8-23)35-26-13-9-24(10-14-26)32-18-16-30(5,6)28(20-32)22(2)34/h7-14,19-20H,15-18H2,1-6H3. The van der Waals surface area contributed by atoms with E-state index in [0.29, 0.717) is 0 Å². The van der Waals surface area contributed by atoms with E-state index in [0.717, 1.165) is 60.0 Å². The molecule has 0 bridgehead atoms. The van der Waals surface area contributed by atoms with Crippen LogP contribution in [0.2, 0.25) is 0 Å². The van der Waals surface area contributed by atoms with Gasteiger partial charge in [-0.15, -0.1) is 0 Å². The highest BCUT2D eigenvalue weighted by atomic mass is 16.5. The minimum absolute atomic E-state index is 0.0919. The van der Waals surface area contributed by atoms with Crippen LogP contribution in [0.4, 0.5) is 11.4 Å². The number of ketones is 2. The summed E-state index contributed by atoms with van der Waals surface area (Å²) in [6.45, 7) is 13.6. The first-order valence-corrected chi connectivity index (χ1v) is 12.3. The van der Waals surface area contributed by atoms with E-state index in [9.17, 15) is 9.59 Å². The fraction of sp³-hybridized carbons (Fsp3) is 0.400. The van der Waals surface area contributed by atoms with Crippen molar-refractivity contribution in [2.75, 3.05) is 22.9 Å². The SMILES string of the molecule is CC(=O)C1=CN(c2ccc(Oc3ccc(N4C=C(C(C)=O)C(C)(C)CC4)cc3)cc2)CCC1(C)C. The number of anilines is 2. The highest BCUT2D eigenvalue weighted by Gasteiger charge is 2.32. The number of hydrogen-bond acceptors (Lipinski definition) is 5. The van der Waals surface area contributed by atoms with E-state index in [1.165, 1.54) is 0 Å². The van der Waals surface area contributed by atoms with Crippen molar-refractivity contribution < 1.29 is 14.3 Å². The number of hydrogen-bond donors (Lipinski definition) is 0. The van der Waals surface area contributed by atoms with Crippen LogP contribution in [0.1, 0.15) is 54.4 Å². The Balaban J connectivity index is 1.45. The van der Waals surface area contributed by atoms with Gasteiger partial charge in [0.2, 0.25) is 0 Å². The van der Waals surface area contributed by atoms with E-state index in [1.807, 2.05) is 60.9 Å². The van der Waals surface area contributed by atoms with Crippen LogP contribution < -0.4 is 14.5 Å². The van der Waals surface area contributed by atoms with Gasteiger partial charge < -0.3 is 14.5 Å². The first kappa shape index (κ1) is 24.8. The first-order chi connectivity index (χ1) is 16.5. The monoisotopic (exact) mass is 472 g/mol. The summed E-state index contributed by atoms with van der Waals surface area (Å²) in [6.07, 6.45) is 5.85. The van der Waals surface area contributed by atoms with E-state index in [-0.39, 0.29) is 22.4 Å². The topological polar surface area (TPSA) is 49.9 Å². The molecule has 5 nitrogen and oxygen atoms in total. The van der Waals surface area contributed by atoms with E-state index < -0.39 is 0 Å². The highest BCUT2D eigenvalue weighted by Crippen LogP contribution is 2.38. The lowest BCUT2D eigenvalue weighted by molar-refractivity contribution is -0.115. The van der Waals surface area contributed by atoms with Gasteiger partial charge in [0.25, 0.3) is 0 Å². The average molecular weight is 473 g/mol. The van der Waals surface area contributed by atoms with Crippen molar-refractivity contribution in [3.8, 4) is 11.5 Å². The number of carbonyl (C=O) groups is 2. The summed E-state index contributed by atoms with van der Waals surface area (Å²) in [5, 5.41) is 0. The molecule has 0 saturated carbocycles. The number of benzene rings is 2. The van der Waals surface area contributed by atoms with Crippen molar-refractivity contribution in [2.24, 2.45) is 10.8 Å². The minimum atomic E-state index is -0.0919. The third kappa shape index (κ3) is 5.34. The smallest absolute Gasteiger partial charge is 0.157 e. The Kier molecular flexibility index (Phi) is 6.63. The van der Waals surface area contributed by atoms with Gasteiger partial charge in [-0.1, -0.05) is 27.7 Å². The van der Waals surface area contributed by atoms with Gasteiger partial charge in [-0.2, -0.15) is 0 Å². The van der Waals surface area contributed by atoms with Crippen LogP contribution in [0.15, 0.2) is 72.1 Å². The molecule has 2 aliphatic rings. The Hall–Kier alpha value is -3.34. The molecule has 0 atom stereocenters. The second-order valence-corrected chi connectivity index (χ2v) is 10.9. The zero-order chi connectivity index (χ0) is 25.4. The van der Waals surface area contributed by atoms with E-state index >= 15 is 0 Å². The molecule has 0 aliphatic carbocycles. The molecule has 0 unspecified atom stereocenters. The molecule has 4 rings (SSSR count). The number of nitrogens with zero attached hydrogens (tertiary/aromatic N) is 2. The van der Waals surface area contributed by atoms with Gasteiger partial charge in [0, 0.05) is 48.0 Å². The first-order valence-electron chi connectivity index (χ1n) is 12.3. The summed E-state index contributed by atoms with van der Waals surface area (Å²) in [5.41, 5.74) is 3.64. The summed E-state index contributed by atoms with van der Waals surface area (Å²) in [6, 6.07) is 15.9. The van der Waals surface area contributed by atoms with Crippen LogP contribution in [0.25, 0.3) is 0 Å². The fourth-order valence-corrected chi connectivity index (χ4v) is 4.95. The molecule has 0 N–H and O–H groups in total. The van der Waals surface area contributed by atoms with Gasteiger partial charge in [0.1, 0.15) is 11.5 Å². The Labute approximate surface area is 209 Å². The predicted molar refractivity (Wildman–Crippen MR) is 142 cm³/mol. The second kappa shape index (κ2) is 9.37. The second-order valence-electron chi connectivity index (χ2n) is 10.9. The molecule has 2 aromatic carbocycles. The average Bonchev–Trinajstić information content (AvgIpc) is 2.79. The predicted octanol–water partition coefficient (Wildman–Crippen LogP) is 6.90. The normalized spacial score (nSPS) is 19.0. The molecular weight excluding hydrogens is 436 g/mol. The third-order valence-electron chi connectivity index (χ3n) is 7.31. The lowest BCUT2D eigenvalue weighted by atomic mass is 9.77. The van der Waals surface area contributed by atoms with Crippen LogP contribution in [0.5, 0.6) is 11.5 Å². The molecule has 35 heavy (non-hydrogen) atoms. The van der Waals surface area contributed by atoms with Crippen LogP contribution in [0.3, 0.4) is 0 Å². The van der Waals surface area contributed by atoms with Crippen molar-refractivity contribution in [1.82, 2.24) is 0 Å². The van der Waals surface area contributed by atoms with Gasteiger partial charge in [-0.05, 0) is 86.1 Å². The lowest BCUT2D eigenvalue weighted by Gasteiger charge is -2.36. The highest BCUT2D eigenvalue weighted by molar-refractivity contribution is 5.95. The zero-order valence-electron chi connectivity index (χ0n) is 21.7. The number of Topliss-reactive ketones (excluding diaryl/α,β-unsaturated/α-hetero) is 2. The zero-order valence-corrected chi connectivity index (χ0v) is 21.7. The number of allylic oxidation sites excluding steroid dienone is 2. The summed E-state index contributed by atoms with van der Waals surface area (Å²) >= 11 is 0. The van der Waals surface area contributed by atoms with E-state index in [4.69, 9.17) is 4.74 Å². The molecule has 5 heteroatoms. The van der Waals surface area contributed by atoms with Gasteiger partial charge in [0.05, 0.1) is 0 Å². The lowest BCUT2D eigenvalue weighted by Crippen LogP contribution is -2.34. The molecule has 0 aromatic heterocycles. The number of carbonyl (C=O) groups excluding carboxylic acids is 2. The van der Waals surface area contributed by atoms with Crippen LogP contribution in [-0.2, 0) is 9.59 Å². The van der Waals surface area contributed by atoms with Crippen LogP contribution in [-0.4, -0.2) is 24.7 Å². The van der Waals surface area contributed by atoms with E-state index in [1.54, 1.807) is 13.8 Å². The molecule has 0 saturated heterocycles. The van der Waals surface area contributed by atoms with Crippen molar-refractivity contribution >= 4 is 22.9 Å². The number of ether oxygens (including phenoxy) is 1. The summed E-state index contributed by atoms with van der Waals surface area (Å²) < 4.78 is 6.07. The number of rotatable bonds is 6. The van der Waals surface area contributed by atoms with Gasteiger partial charge in [-0.25, -0.2) is 0 Å². The Morgan fingerprint density at radius 3 is 1.31 bits per heavy atom. The van der Waals surface area contributed by atoms with Crippen molar-refractivity contribution in [3.05, 3.63) is 72.1 Å². The molecule has 184 valence electrons. The summed E-state index contributed by atoms with van der Waals surface area (Å²) in [4.78, 5) is 28.5. The van der Waals surface area contributed by atoms with Gasteiger partial charge >= 0.3 is 0 Å². The van der Waals surface area contributed by atoms with Crippen molar-refractivity contribution in [3.63, 3.8) is 0 Å². The molecule has 0 spiro atoms. The van der Waals surface area contributed by atoms with Gasteiger partial charge in [0.15, 0.2) is 11.6 Å². The Morgan fingerprint density at radius 2 is 1.00 bits per heavy atom. The van der Waals surface area contributed by atoms with E-state index in [2.05, 4.69) is 37.5 Å². The molecule has 0 radical (unpaired) electrons. The maximum absolute atomic E-state index is 12.1. The minimum Gasteiger partial charge on any atom is -0.457 e. The van der Waals surface area contributed by atoms with Gasteiger partial charge in [-0.3, -0.25) is 9.59 Å². The fourth-order valence-electron chi connectivity index (χ4n) is 4.95. The maximum atomic E-state index is 12.1. The van der Waals surface area contributed by atoms with Crippen LogP contribution in [0, 0.1) is 10.8 Å². The molecule has 2 heterocycles.